The van der Waals surface area contributed by atoms with Gasteiger partial charge in [-0.05, 0) is 23.8 Å². The largest absolute Gasteiger partial charge is 0.223 e. The van der Waals surface area contributed by atoms with Crippen molar-refractivity contribution in [3.8, 4) is 6.07 Å². The van der Waals surface area contributed by atoms with Crippen LogP contribution in [0.2, 0.25) is 10.0 Å². The normalized spacial score (nSPS) is 11.2. The van der Waals surface area contributed by atoms with Crippen molar-refractivity contribution in [2.45, 2.75) is 0 Å². The second kappa shape index (κ2) is 5.00. The number of hydrogen-bond donors (Lipinski definition) is 0. The fourth-order valence-corrected chi connectivity index (χ4v) is 1.71. The van der Waals surface area contributed by atoms with Gasteiger partial charge in [0.1, 0.15) is 24.4 Å². The van der Waals surface area contributed by atoms with Crippen molar-refractivity contribution in [1.29, 1.82) is 5.26 Å². The predicted molar refractivity (Wildman–Crippen MR) is 66.3 cm³/mol. The molecule has 0 spiro atoms. The van der Waals surface area contributed by atoms with Crippen molar-refractivity contribution in [2.24, 2.45) is 0 Å². The van der Waals surface area contributed by atoms with Gasteiger partial charge in [-0.2, -0.15) is 10.4 Å². The van der Waals surface area contributed by atoms with E-state index in [-0.39, 0.29) is 0 Å². The zero-order chi connectivity index (χ0) is 12.3. The molecule has 1 heterocycles. The van der Waals surface area contributed by atoms with Crippen LogP contribution in [0.3, 0.4) is 0 Å². The van der Waals surface area contributed by atoms with Crippen LogP contribution in [0.5, 0.6) is 0 Å². The van der Waals surface area contributed by atoms with Crippen molar-refractivity contribution in [3.05, 3.63) is 46.5 Å². The first-order chi connectivity index (χ1) is 8.20. The van der Waals surface area contributed by atoms with Gasteiger partial charge in [-0.1, -0.05) is 29.3 Å². The molecule has 4 nitrogen and oxygen atoms in total. The van der Waals surface area contributed by atoms with Crippen LogP contribution in [-0.2, 0) is 0 Å². The van der Waals surface area contributed by atoms with Crippen LogP contribution in [0.15, 0.2) is 30.9 Å². The third-order valence-electron chi connectivity index (χ3n) is 2.03. The van der Waals surface area contributed by atoms with E-state index in [1.54, 1.807) is 24.3 Å². The summed E-state index contributed by atoms with van der Waals surface area (Å²) in [5, 5.41) is 13.9. The highest BCUT2D eigenvalue weighted by Crippen LogP contribution is 2.23. The Morgan fingerprint density at radius 2 is 2.24 bits per heavy atom. The second-order valence-corrected chi connectivity index (χ2v) is 3.99. The minimum Gasteiger partial charge on any atom is -0.223 e. The van der Waals surface area contributed by atoms with E-state index in [9.17, 15) is 0 Å². The highest BCUT2D eigenvalue weighted by Gasteiger charge is 2.03. The molecule has 0 aliphatic rings. The molecule has 1 aromatic heterocycles. The average molecular weight is 265 g/mol. The van der Waals surface area contributed by atoms with E-state index in [4.69, 9.17) is 28.5 Å². The van der Waals surface area contributed by atoms with Crippen molar-refractivity contribution in [2.75, 3.05) is 0 Å². The SMILES string of the molecule is N#C/C(=C\c1ccc(Cl)cc1Cl)n1cncn1. The van der Waals surface area contributed by atoms with Gasteiger partial charge < -0.3 is 0 Å². The molecule has 0 radical (unpaired) electrons. The zero-order valence-electron chi connectivity index (χ0n) is 8.51. The van der Waals surface area contributed by atoms with Gasteiger partial charge >= 0.3 is 0 Å². The summed E-state index contributed by atoms with van der Waals surface area (Å²) in [7, 11) is 0. The summed E-state index contributed by atoms with van der Waals surface area (Å²) >= 11 is 11.8. The molecule has 6 heteroatoms. The number of nitrogens with zero attached hydrogens (tertiary/aromatic N) is 4. The third-order valence-corrected chi connectivity index (χ3v) is 2.60. The summed E-state index contributed by atoms with van der Waals surface area (Å²) in [5.41, 5.74) is 1.02. The van der Waals surface area contributed by atoms with E-state index in [1.807, 2.05) is 6.07 Å². The van der Waals surface area contributed by atoms with Crippen molar-refractivity contribution < 1.29 is 0 Å². The summed E-state index contributed by atoms with van der Waals surface area (Å²) in [6, 6.07) is 7.08. The minimum atomic E-state index is 0.326. The maximum atomic E-state index is 9.03. The van der Waals surface area contributed by atoms with Crippen LogP contribution < -0.4 is 0 Å². The number of aromatic nitrogens is 3. The van der Waals surface area contributed by atoms with Crippen molar-refractivity contribution in [3.63, 3.8) is 0 Å². The predicted octanol–water partition coefficient (Wildman–Crippen LogP) is 3.11. The van der Waals surface area contributed by atoms with Crippen molar-refractivity contribution in [1.82, 2.24) is 14.8 Å². The Kier molecular flexibility index (Phi) is 3.43. The first kappa shape index (κ1) is 11.6. The van der Waals surface area contributed by atoms with Crippen LogP contribution in [0.4, 0.5) is 0 Å². The molecule has 2 rings (SSSR count). The van der Waals surface area contributed by atoms with Crippen molar-refractivity contribution >= 4 is 35.0 Å². The topological polar surface area (TPSA) is 54.5 Å². The van der Waals surface area contributed by atoms with E-state index in [0.717, 1.165) is 0 Å². The van der Waals surface area contributed by atoms with Crippen LogP contribution in [0.1, 0.15) is 5.56 Å². The Balaban J connectivity index is 2.44. The molecular weight excluding hydrogens is 259 g/mol. The lowest BCUT2D eigenvalue weighted by atomic mass is 10.2. The maximum absolute atomic E-state index is 9.03. The van der Waals surface area contributed by atoms with Gasteiger partial charge in [0.05, 0.1) is 0 Å². The number of hydrogen-bond acceptors (Lipinski definition) is 3. The first-order valence-electron chi connectivity index (χ1n) is 4.62. The fourth-order valence-electron chi connectivity index (χ4n) is 1.25. The highest BCUT2D eigenvalue weighted by molar-refractivity contribution is 6.35. The molecule has 84 valence electrons. The monoisotopic (exact) mass is 264 g/mol. The van der Waals surface area contributed by atoms with Gasteiger partial charge in [0.2, 0.25) is 0 Å². The molecule has 0 fully saturated rings. The molecule has 0 atom stereocenters. The molecule has 0 saturated heterocycles. The molecule has 0 unspecified atom stereocenters. The van der Waals surface area contributed by atoms with E-state index in [2.05, 4.69) is 10.1 Å². The van der Waals surface area contributed by atoms with Gasteiger partial charge in [-0.25, -0.2) is 9.67 Å². The summed E-state index contributed by atoms with van der Waals surface area (Å²) in [6.45, 7) is 0. The van der Waals surface area contributed by atoms with Gasteiger partial charge in [-0.3, -0.25) is 0 Å². The molecule has 0 aliphatic heterocycles. The van der Waals surface area contributed by atoms with E-state index in [0.29, 0.717) is 21.3 Å². The summed E-state index contributed by atoms with van der Waals surface area (Å²) in [4.78, 5) is 3.78. The lowest BCUT2D eigenvalue weighted by molar-refractivity contribution is 0.914. The van der Waals surface area contributed by atoms with Gasteiger partial charge in [0, 0.05) is 10.0 Å². The Morgan fingerprint density at radius 3 is 2.82 bits per heavy atom. The molecule has 17 heavy (non-hydrogen) atoms. The third kappa shape index (κ3) is 2.64. The van der Waals surface area contributed by atoms with Gasteiger partial charge in [0.25, 0.3) is 0 Å². The quantitative estimate of drug-likeness (QED) is 0.784. The molecule has 2 aromatic rings. The standard InChI is InChI=1S/C11H6Cl2N4/c12-9-2-1-8(11(13)4-9)3-10(5-14)17-7-15-6-16-17/h1-4,6-7H/b10-3+. The molecule has 1 aromatic carbocycles. The van der Waals surface area contributed by atoms with E-state index >= 15 is 0 Å². The van der Waals surface area contributed by atoms with E-state index < -0.39 is 0 Å². The number of halogens is 2. The lowest BCUT2D eigenvalue weighted by Gasteiger charge is -2.01. The van der Waals surface area contributed by atoms with Crippen LogP contribution in [0, 0.1) is 11.3 Å². The number of allylic oxidation sites excluding steroid dienone is 1. The zero-order valence-corrected chi connectivity index (χ0v) is 10.0. The number of benzene rings is 1. The average Bonchev–Trinajstić information content (AvgIpc) is 2.81. The molecule has 0 saturated carbocycles. The van der Waals surface area contributed by atoms with E-state index in [1.165, 1.54) is 17.3 Å². The smallest absolute Gasteiger partial charge is 0.144 e. The van der Waals surface area contributed by atoms with Gasteiger partial charge in [-0.15, -0.1) is 0 Å². The molecule has 0 bridgehead atoms. The van der Waals surface area contributed by atoms with Crippen LogP contribution in [0.25, 0.3) is 11.8 Å². The molecule has 0 aliphatic carbocycles. The summed E-state index contributed by atoms with van der Waals surface area (Å²) in [6.07, 6.45) is 4.42. The maximum Gasteiger partial charge on any atom is 0.144 e. The summed E-state index contributed by atoms with van der Waals surface area (Å²) < 4.78 is 1.37. The molecule has 0 N–H and O–H groups in total. The molecule has 0 amide bonds. The Hall–Kier alpha value is -1.83. The highest BCUT2D eigenvalue weighted by atomic mass is 35.5. The Labute approximate surface area is 108 Å². The minimum absolute atomic E-state index is 0.326. The fraction of sp³-hybridized carbons (Fsp3) is 0. The Morgan fingerprint density at radius 1 is 1.41 bits per heavy atom. The van der Waals surface area contributed by atoms with Crippen LogP contribution >= 0.6 is 23.2 Å². The number of nitriles is 1. The summed E-state index contributed by atoms with van der Waals surface area (Å²) in [5.74, 6) is 0. The Bertz CT molecular complexity index is 596. The first-order valence-corrected chi connectivity index (χ1v) is 5.38. The molecular formula is C11H6Cl2N4. The number of rotatable bonds is 2. The van der Waals surface area contributed by atoms with Gasteiger partial charge in [0.15, 0.2) is 0 Å². The second-order valence-electron chi connectivity index (χ2n) is 3.15. The lowest BCUT2D eigenvalue weighted by Crippen LogP contribution is -1.95. The van der Waals surface area contributed by atoms with Crippen LogP contribution in [-0.4, -0.2) is 14.8 Å².